The first-order chi connectivity index (χ1) is 32.8. The molecule has 0 amide bonds. The van der Waals surface area contributed by atoms with Gasteiger partial charge in [-0.15, -0.1) is 0 Å². The van der Waals surface area contributed by atoms with Gasteiger partial charge < -0.3 is 4.74 Å². The van der Waals surface area contributed by atoms with E-state index >= 15 is 0 Å². The maximum Gasteiger partial charge on any atom is 0.394 e. The monoisotopic (exact) mass is 978 g/mol. The Kier molecular flexibility index (Phi) is 16.4. The van der Waals surface area contributed by atoms with Gasteiger partial charge in [0.05, 0.1) is 12.2 Å². The number of fused-ring (bicyclic) bond motifs is 6. The second kappa shape index (κ2) is 21.0. The minimum absolute atomic E-state index is 0.0223. The molecule has 372 valence electrons. The van der Waals surface area contributed by atoms with Crippen LogP contribution in [0.25, 0.3) is 65.3 Å². The van der Waals surface area contributed by atoms with Crippen LogP contribution in [0.2, 0.25) is 0 Å². The van der Waals surface area contributed by atoms with E-state index in [4.69, 9.17) is 31.8 Å². The molecule has 11 heteroatoms. The first-order valence-electron chi connectivity index (χ1n) is 23.7. The van der Waals surface area contributed by atoms with Crippen LogP contribution < -0.4 is 10.9 Å². The lowest BCUT2D eigenvalue weighted by Crippen LogP contribution is -2.11. The molecule has 2 N–H and O–H groups in total. The fourth-order valence-electron chi connectivity index (χ4n) is 8.70. The van der Waals surface area contributed by atoms with Crippen LogP contribution >= 0.6 is 0 Å². The van der Waals surface area contributed by atoms with Crippen molar-refractivity contribution in [3.05, 3.63) is 163 Å². The van der Waals surface area contributed by atoms with Crippen molar-refractivity contribution in [2.24, 2.45) is 0 Å². The molecule has 0 aliphatic rings. The highest BCUT2D eigenvalue weighted by Crippen LogP contribution is 2.38. The Balaban J connectivity index is 0.000000230. The van der Waals surface area contributed by atoms with Gasteiger partial charge in [0, 0.05) is 21.5 Å². The molecule has 0 radical (unpaired) electrons. The highest BCUT2D eigenvalue weighted by atomic mass is 32.3. The zero-order valence-corrected chi connectivity index (χ0v) is 44.2. The molecule has 0 spiro atoms. The first-order valence-corrected chi connectivity index (χ1v) is 25.1. The van der Waals surface area contributed by atoms with E-state index in [-0.39, 0.29) is 44.6 Å². The summed E-state index contributed by atoms with van der Waals surface area (Å²) in [6.45, 7) is 30.6. The maximum atomic E-state index is 13.3. The van der Waals surface area contributed by atoms with E-state index in [0.29, 0.717) is 22.9 Å². The summed E-state index contributed by atoms with van der Waals surface area (Å²) in [7, 11) is -4.67. The predicted octanol–water partition coefficient (Wildman–Crippen LogP) is 13.6. The highest BCUT2D eigenvalue weighted by Gasteiger charge is 2.23. The van der Waals surface area contributed by atoms with Crippen LogP contribution in [-0.4, -0.2) is 36.3 Å². The zero-order valence-electron chi connectivity index (χ0n) is 43.4. The number of esters is 1. The summed E-state index contributed by atoms with van der Waals surface area (Å²) >= 11 is 0. The summed E-state index contributed by atoms with van der Waals surface area (Å²) in [5.41, 5.74) is 11.1. The number of carbonyl (C=O) groups excluding carboxylic acids is 3. The van der Waals surface area contributed by atoms with Crippen LogP contribution in [0.3, 0.4) is 0 Å². The van der Waals surface area contributed by atoms with Gasteiger partial charge in [0.2, 0.25) is 0 Å². The Morgan fingerprint density at radius 2 is 0.803 bits per heavy atom. The first kappa shape index (κ1) is 55.3. The van der Waals surface area contributed by atoms with E-state index in [1.165, 1.54) is 16.7 Å². The summed E-state index contributed by atoms with van der Waals surface area (Å²) in [4.78, 5) is 55.8. The molecule has 0 aliphatic heterocycles. The molecule has 0 bridgehead atoms. The number of rotatable bonds is 5. The minimum Gasteiger partial charge on any atom is -0.462 e. The molecule has 10 nitrogen and oxygen atoms in total. The molecule has 8 rings (SSSR count). The van der Waals surface area contributed by atoms with E-state index in [1.54, 1.807) is 0 Å². The van der Waals surface area contributed by atoms with Crippen molar-refractivity contribution < 1.29 is 36.6 Å². The van der Waals surface area contributed by atoms with Crippen LogP contribution in [-0.2, 0) is 52.8 Å². The number of ether oxygens (including phenoxy) is 1. The third kappa shape index (κ3) is 12.8. The third-order valence-electron chi connectivity index (χ3n) is 12.7. The largest absolute Gasteiger partial charge is 0.462 e. The molecular weight excluding hydrogens is 913 g/mol. The normalized spacial score (nSPS) is 12.1. The highest BCUT2D eigenvalue weighted by molar-refractivity contribution is 7.79. The molecular formula is C60H66O10S. The summed E-state index contributed by atoms with van der Waals surface area (Å²) in [6.07, 6.45) is 1.13. The third-order valence-corrected chi connectivity index (χ3v) is 12.7. The van der Waals surface area contributed by atoms with Crippen molar-refractivity contribution in [3.63, 3.8) is 0 Å². The molecule has 0 saturated carbocycles. The minimum atomic E-state index is -4.67. The molecule has 0 saturated heterocycles. The summed E-state index contributed by atoms with van der Waals surface area (Å²) in [5.74, 6) is -0.275. The van der Waals surface area contributed by atoms with Gasteiger partial charge in [0.15, 0.2) is 10.9 Å². The topological polar surface area (TPSA) is 169 Å². The van der Waals surface area contributed by atoms with Crippen molar-refractivity contribution in [1.82, 2.24) is 0 Å². The predicted molar refractivity (Wildman–Crippen MR) is 288 cm³/mol. The average Bonchev–Trinajstić information content (AvgIpc) is 3.72. The van der Waals surface area contributed by atoms with Crippen LogP contribution in [0.5, 0.6) is 0 Å². The lowest BCUT2D eigenvalue weighted by molar-refractivity contribution is -0.191. The summed E-state index contributed by atoms with van der Waals surface area (Å²) in [5, 5.41) is 6.53. The molecule has 71 heavy (non-hydrogen) atoms. The lowest BCUT2D eigenvalue weighted by Gasteiger charge is -2.21. The van der Waals surface area contributed by atoms with Gasteiger partial charge in [-0.05, 0) is 143 Å². The maximum absolute atomic E-state index is 13.3. The number of hydrogen-bond donors (Lipinski definition) is 2. The molecule has 0 aromatic heterocycles. The molecule has 8 aromatic carbocycles. The van der Waals surface area contributed by atoms with Gasteiger partial charge in [0.25, 0.3) is 0 Å². The quantitative estimate of drug-likeness (QED) is 0.125. The van der Waals surface area contributed by atoms with Gasteiger partial charge in [-0.3, -0.25) is 18.7 Å². The van der Waals surface area contributed by atoms with Gasteiger partial charge >= 0.3 is 22.5 Å². The SMILES string of the molecule is CC(C)(C)c1ccc2c(c1)c(=O)c1cc3c(cc12)c(=O)c1cc(C(C)(C)C)ccc13.CCOC(=O)c1cc(-c2ccc(C(C)(C)C)cc2)c(CC)cc1-c1ccc(C(C)(C)C)cc1.O=C=O.O=S(=O)(O)O. The zero-order chi connectivity index (χ0) is 53.2. The number of benzene rings is 6. The van der Waals surface area contributed by atoms with Crippen molar-refractivity contribution in [3.8, 4) is 22.3 Å². The fourth-order valence-corrected chi connectivity index (χ4v) is 8.70. The smallest absolute Gasteiger partial charge is 0.394 e. The average molecular weight is 979 g/mol. The summed E-state index contributed by atoms with van der Waals surface area (Å²) < 4.78 is 37.0. The van der Waals surface area contributed by atoms with E-state index in [0.717, 1.165) is 72.1 Å². The Labute approximate surface area is 417 Å². The van der Waals surface area contributed by atoms with Crippen LogP contribution in [0, 0.1) is 0 Å². The van der Waals surface area contributed by atoms with E-state index in [2.05, 4.69) is 157 Å². The van der Waals surface area contributed by atoms with Crippen molar-refractivity contribution in [2.75, 3.05) is 6.61 Å². The Hall–Kier alpha value is -6.62. The fraction of sp³-hybridized carbons (Fsp3) is 0.333. The molecule has 0 heterocycles. The van der Waals surface area contributed by atoms with Crippen LogP contribution in [0.15, 0.2) is 119 Å². The number of carbonyl (C=O) groups is 1. The second-order valence-electron chi connectivity index (χ2n) is 21.9. The Morgan fingerprint density at radius 3 is 1.13 bits per heavy atom. The van der Waals surface area contributed by atoms with E-state index in [1.807, 2.05) is 49.4 Å². The van der Waals surface area contributed by atoms with Crippen LogP contribution in [0.1, 0.15) is 135 Å². The second-order valence-corrected chi connectivity index (χ2v) is 22.8. The summed E-state index contributed by atoms with van der Waals surface area (Å²) in [6, 6.07) is 37.7. The van der Waals surface area contributed by atoms with Gasteiger partial charge in [-0.25, -0.2) is 4.79 Å². The van der Waals surface area contributed by atoms with E-state index < -0.39 is 10.4 Å². The van der Waals surface area contributed by atoms with Gasteiger partial charge in [-0.2, -0.15) is 18.0 Å². The van der Waals surface area contributed by atoms with Gasteiger partial charge in [0.1, 0.15) is 0 Å². The molecule has 8 aromatic rings. The standard InChI is InChI=1S/C31H38O2.C28H26O2.CO2.H2O4S/c1-9-21-19-27(23-13-17-25(18-14-23)31(6,7)8)28(29(32)33-10-2)20-26(21)22-11-15-24(16-12-22)30(3,4)5;1-27(2,3)15-7-9-17-19-13-24-20(14-23(19)25(29)21(17)11-15)18-10-8-16(28(4,5)6)12-22(18)26(24)30;2-1-3;1-5(2,3)4/h11-20H,9-10H2,1-8H3;7-14H,1-6H3;;(H2,1,2,3,4). The van der Waals surface area contributed by atoms with Crippen molar-refractivity contribution in [1.29, 1.82) is 0 Å². The molecule has 0 unspecified atom stereocenters. The van der Waals surface area contributed by atoms with Crippen LogP contribution in [0.4, 0.5) is 0 Å². The molecule has 0 aliphatic carbocycles. The Bertz CT molecular complexity index is 3360. The Morgan fingerprint density at radius 1 is 0.479 bits per heavy atom. The lowest BCUT2D eigenvalue weighted by atomic mass is 9.84. The van der Waals surface area contributed by atoms with Crippen molar-refractivity contribution in [2.45, 2.75) is 125 Å². The molecule has 0 atom stereocenters. The van der Waals surface area contributed by atoms with Gasteiger partial charge in [-0.1, -0.05) is 163 Å². The number of hydrogen-bond acceptors (Lipinski definition) is 8. The number of aryl methyl sites for hydroxylation is 1. The van der Waals surface area contributed by atoms with Crippen molar-refractivity contribution >= 4 is 65.6 Å². The molecule has 0 fully saturated rings. The van der Waals surface area contributed by atoms with E-state index in [9.17, 15) is 14.4 Å².